The highest BCUT2D eigenvalue weighted by atomic mass is 14.6. The average molecular weight is 265 g/mol. The minimum absolute atomic E-state index is 0.449. The molecule has 104 valence electrons. The molecule has 2 aromatic carbocycles. The predicted molar refractivity (Wildman–Crippen MR) is 84.8 cm³/mol. The maximum absolute atomic E-state index is 6.10. The monoisotopic (exact) mass is 265 g/mol. The Balaban J connectivity index is 1.72. The zero-order valence-electron chi connectivity index (χ0n) is 12.0. The summed E-state index contributed by atoms with van der Waals surface area (Å²) in [4.78, 5) is 0. The van der Waals surface area contributed by atoms with Gasteiger partial charge < -0.3 is 5.73 Å². The van der Waals surface area contributed by atoms with Crippen molar-refractivity contribution >= 4 is 10.8 Å². The second-order valence-corrected chi connectivity index (χ2v) is 6.96. The standard InChI is InChI=1S/C19H23N/c20-13-19-9-7-15(8-10-19)18(12-19)17-6-5-14-3-1-2-4-16(14)11-17/h1-6,11,15,18H,7-10,12-13,20H2/t15?,18-,19?/m0/s1. The summed E-state index contributed by atoms with van der Waals surface area (Å²) in [5.41, 5.74) is 8.10. The molecule has 0 aliphatic heterocycles. The first-order valence-electron chi connectivity index (χ1n) is 7.98. The molecule has 1 nitrogen and oxygen atoms in total. The molecule has 0 heterocycles. The van der Waals surface area contributed by atoms with Crippen LogP contribution in [0.3, 0.4) is 0 Å². The fourth-order valence-corrected chi connectivity index (χ4v) is 4.61. The van der Waals surface area contributed by atoms with Crippen molar-refractivity contribution in [3.05, 3.63) is 48.0 Å². The molecule has 0 spiro atoms. The van der Waals surface area contributed by atoms with Gasteiger partial charge in [-0.3, -0.25) is 0 Å². The van der Waals surface area contributed by atoms with Crippen LogP contribution in [-0.2, 0) is 0 Å². The third kappa shape index (κ3) is 1.88. The molecule has 0 unspecified atom stereocenters. The molecule has 5 rings (SSSR count). The maximum Gasteiger partial charge on any atom is -0.00203 e. The molecule has 1 heteroatoms. The van der Waals surface area contributed by atoms with Gasteiger partial charge in [-0.15, -0.1) is 0 Å². The Hall–Kier alpha value is -1.34. The van der Waals surface area contributed by atoms with Crippen LogP contribution in [0.1, 0.15) is 43.6 Å². The smallest absolute Gasteiger partial charge is 0.00203 e. The summed E-state index contributed by atoms with van der Waals surface area (Å²) < 4.78 is 0. The zero-order valence-corrected chi connectivity index (χ0v) is 12.0. The SMILES string of the molecule is NCC12CCC(CC1)[C@@H](c1ccc3ccccc3c1)C2. The second-order valence-electron chi connectivity index (χ2n) is 6.96. The topological polar surface area (TPSA) is 26.0 Å². The summed E-state index contributed by atoms with van der Waals surface area (Å²) in [7, 11) is 0. The third-order valence-corrected chi connectivity index (χ3v) is 5.95. The minimum atomic E-state index is 0.449. The van der Waals surface area contributed by atoms with Crippen LogP contribution >= 0.6 is 0 Å². The summed E-state index contributed by atoms with van der Waals surface area (Å²) in [5, 5.41) is 2.74. The van der Waals surface area contributed by atoms with Gasteiger partial charge in [0.1, 0.15) is 0 Å². The van der Waals surface area contributed by atoms with E-state index in [2.05, 4.69) is 42.5 Å². The van der Waals surface area contributed by atoms with Crippen LogP contribution in [0, 0.1) is 11.3 Å². The number of benzene rings is 2. The fourth-order valence-electron chi connectivity index (χ4n) is 4.61. The van der Waals surface area contributed by atoms with Crippen LogP contribution in [0.25, 0.3) is 10.8 Å². The van der Waals surface area contributed by atoms with Gasteiger partial charge in [0.25, 0.3) is 0 Å². The van der Waals surface area contributed by atoms with Gasteiger partial charge in [-0.05, 0) is 72.2 Å². The van der Waals surface area contributed by atoms with E-state index in [0.29, 0.717) is 5.41 Å². The maximum atomic E-state index is 6.10. The van der Waals surface area contributed by atoms with Crippen LogP contribution in [0.4, 0.5) is 0 Å². The van der Waals surface area contributed by atoms with E-state index >= 15 is 0 Å². The summed E-state index contributed by atoms with van der Waals surface area (Å²) in [6, 6.07) is 15.8. The van der Waals surface area contributed by atoms with Crippen molar-refractivity contribution in [3.8, 4) is 0 Å². The van der Waals surface area contributed by atoms with E-state index in [1.165, 1.54) is 42.9 Å². The van der Waals surface area contributed by atoms with Gasteiger partial charge in [-0.1, -0.05) is 42.5 Å². The molecular weight excluding hydrogens is 242 g/mol. The van der Waals surface area contributed by atoms with Crippen LogP contribution in [0.5, 0.6) is 0 Å². The first kappa shape index (κ1) is 12.4. The van der Waals surface area contributed by atoms with Gasteiger partial charge in [-0.25, -0.2) is 0 Å². The van der Waals surface area contributed by atoms with Gasteiger partial charge in [0, 0.05) is 0 Å². The van der Waals surface area contributed by atoms with Crippen molar-refractivity contribution in [1.29, 1.82) is 0 Å². The van der Waals surface area contributed by atoms with E-state index in [1.807, 2.05) is 0 Å². The fraction of sp³-hybridized carbons (Fsp3) is 0.474. The molecule has 0 amide bonds. The number of hydrogen-bond acceptors (Lipinski definition) is 1. The lowest BCUT2D eigenvalue weighted by Crippen LogP contribution is -2.43. The average Bonchev–Trinajstić information content (AvgIpc) is 2.55. The third-order valence-electron chi connectivity index (χ3n) is 5.95. The van der Waals surface area contributed by atoms with Crippen LogP contribution in [0.2, 0.25) is 0 Å². The molecule has 3 aliphatic carbocycles. The number of rotatable bonds is 2. The molecule has 3 fully saturated rings. The van der Waals surface area contributed by atoms with Gasteiger partial charge in [-0.2, -0.15) is 0 Å². The summed E-state index contributed by atoms with van der Waals surface area (Å²) in [6.07, 6.45) is 6.80. The summed E-state index contributed by atoms with van der Waals surface area (Å²) in [5.74, 6) is 1.63. The second kappa shape index (κ2) is 4.60. The Kier molecular flexibility index (Phi) is 2.85. The molecule has 3 saturated carbocycles. The highest BCUT2D eigenvalue weighted by Gasteiger charge is 2.45. The number of hydrogen-bond donors (Lipinski definition) is 1. The molecular formula is C19H23N. The van der Waals surface area contributed by atoms with Crippen molar-refractivity contribution in [2.24, 2.45) is 17.1 Å². The van der Waals surface area contributed by atoms with E-state index < -0.39 is 0 Å². The van der Waals surface area contributed by atoms with Crippen molar-refractivity contribution in [2.75, 3.05) is 6.54 Å². The van der Waals surface area contributed by atoms with E-state index in [1.54, 1.807) is 5.56 Å². The Morgan fingerprint density at radius 3 is 2.50 bits per heavy atom. The lowest BCUT2D eigenvalue weighted by Gasteiger charge is -2.51. The number of fused-ring (bicyclic) bond motifs is 4. The lowest BCUT2D eigenvalue weighted by atomic mass is 9.55. The van der Waals surface area contributed by atoms with Crippen molar-refractivity contribution in [2.45, 2.75) is 38.0 Å². The van der Waals surface area contributed by atoms with E-state index in [-0.39, 0.29) is 0 Å². The molecule has 3 aliphatic rings. The highest BCUT2D eigenvalue weighted by molar-refractivity contribution is 5.83. The molecule has 2 bridgehead atoms. The highest BCUT2D eigenvalue weighted by Crippen LogP contribution is 2.56. The Bertz CT molecular complexity index is 622. The molecule has 2 N–H and O–H groups in total. The normalized spacial score (nSPS) is 32.6. The first-order valence-corrected chi connectivity index (χ1v) is 7.98. The van der Waals surface area contributed by atoms with E-state index in [0.717, 1.165) is 18.4 Å². The Morgan fingerprint density at radius 1 is 1.00 bits per heavy atom. The molecule has 0 aromatic heterocycles. The van der Waals surface area contributed by atoms with Crippen LogP contribution in [0.15, 0.2) is 42.5 Å². The van der Waals surface area contributed by atoms with E-state index in [9.17, 15) is 0 Å². The molecule has 20 heavy (non-hydrogen) atoms. The van der Waals surface area contributed by atoms with Crippen LogP contribution in [-0.4, -0.2) is 6.54 Å². The molecule has 0 radical (unpaired) electrons. The largest absolute Gasteiger partial charge is 0.330 e. The van der Waals surface area contributed by atoms with Crippen molar-refractivity contribution in [1.82, 2.24) is 0 Å². The molecule has 0 saturated heterocycles. The lowest BCUT2D eigenvalue weighted by molar-refractivity contribution is 0.0511. The quantitative estimate of drug-likeness (QED) is 0.852. The predicted octanol–water partition coefficient (Wildman–Crippen LogP) is 4.46. The van der Waals surface area contributed by atoms with E-state index in [4.69, 9.17) is 5.73 Å². The zero-order chi connectivity index (χ0) is 13.6. The molecule has 1 atom stereocenters. The summed E-state index contributed by atoms with van der Waals surface area (Å²) >= 11 is 0. The molecule has 2 aromatic rings. The minimum Gasteiger partial charge on any atom is -0.330 e. The van der Waals surface area contributed by atoms with Crippen LogP contribution < -0.4 is 5.73 Å². The Morgan fingerprint density at radius 2 is 1.75 bits per heavy atom. The van der Waals surface area contributed by atoms with Gasteiger partial charge in [0.2, 0.25) is 0 Å². The Labute approximate surface area is 121 Å². The van der Waals surface area contributed by atoms with Gasteiger partial charge in [0.15, 0.2) is 0 Å². The van der Waals surface area contributed by atoms with Gasteiger partial charge >= 0.3 is 0 Å². The first-order chi connectivity index (χ1) is 9.80. The number of nitrogens with two attached hydrogens (primary N) is 1. The van der Waals surface area contributed by atoms with Crippen molar-refractivity contribution < 1.29 is 0 Å². The van der Waals surface area contributed by atoms with Gasteiger partial charge in [0.05, 0.1) is 0 Å². The van der Waals surface area contributed by atoms with Crippen molar-refractivity contribution in [3.63, 3.8) is 0 Å². The summed E-state index contributed by atoms with van der Waals surface area (Å²) in [6.45, 7) is 0.879.